The quantitative estimate of drug-likeness (QED) is 0.742. The third kappa shape index (κ3) is 5.16. The summed E-state index contributed by atoms with van der Waals surface area (Å²) in [5, 5.41) is 4.31. The molecule has 2 unspecified atom stereocenters. The van der Waals surface area contributed by atoms with E-state index in [0.717, 1.165) is 5.03 Å². The number of carbonyl (C=O) groups is 1. The summed E-state index contributed by atoms with van der Waals surface area (Å²) in [5.41, 5.74) is 4.82. The zero-order valence-corrected chi connectivity index (χ0v) is 12.7. The Balaban J connectivity index is 2.66. The molecule has 5 nitrogen and oxygen atoms in total. The Labute approximate surface area is 118 Å². The van der Waals surface area contributed by atoms with Gasteiger partial charge in [-0.3, -0.25) is 9.78 Å². The number of amides is 1. The van der Waals surface area contributed by atoms with E-state index in [1.807, 2.05) is 20.8 Å². The highest BCUT2D eigenvalue weighted by Gasteiger charge is 2.33. The van der Waals surface area contributed by atoms with Crippen LogP contribution in [0.3, 0.4) is 0 Å². The highest BCUT2D eigenvalue weighted by molar-refractivity contribution is 7.99. The largest absolute Gasteiger partial charge is 0.368 e. The van der Waals surface area contributed by atoms with Crippen molar-refractivity contribution in [3.05, 3.63) is 18.6 Å². The summed E-state index contributed by atoms with van der Waals surface area (Å²) < 4.78 is 0. The predicted molar refractivity (Wildman–Crippen MR) is 77.8 cm³/mol. The fourth-order valence-electron chi connectivity index (χ4n) is 2.04. The van der Waals surface area contributed by atoms with Crippen LogP contribution in [0.2, 0.25) is 0 Å². The fraction of sp³-hybridized carbons (Fsp3) is 0.615. The van der Waals surface area contributed by atoms with Crippen molar-refractivity contribution in [2.24, 2.45) is 5.73 Å². The van der Waals surface area contributed by atoms with Gasteiger partial charge in [0.05, 0.1) is 11.7 Å². The van der Waals surface area contributed by atoms with Gasteiger partial charge >= 0.3 is 0 Å². The first-order chi connectivity index (χ1) is 8.83. The van der Waals surface area contributed by atoms with E-state index in [4.69, 9.17) is 5.73 Å². The first-order valence-electron chi connectivity index (χ1n) is 6.34. The molecule has 106 valence electrons. The lowest BCUT2D eigenvalue weighted by Gasteiger charge is -2.32. The van der Waals surface area contributed by atoms with Crippen molar-refractivity contribution in [3.8, 4) is 0 Å². The maximum absolute atomic E-state index is 11.7. The van der Waals surface area contributed by atoms with Gasteiger partial charge in [0, 0.05) is 23.7 Å². The Morgan fingerprint density at radius 3 is 2.63 bits per heavy atom. The number of hydrogen-bond donors (Lipinski definition) is 2. The summed E-state index contributed by atoms with van der Waals surface area (Å²) in [6, 6.07) is 0.200. The molecule has 0 saturated carbocycles. The second kappa shape index (κ2) is 6.86. The molecular formula is C13H22N4OS. The number of nitrogens with zero attached hydrogens (tertiary/aromatic N) is 2. The lowest BCUT2D eigenvalue weighted by molar-refractivity contribution is -0.124. The van der Waals surface area contributed by atoms with Gasteiger partial charge in [0.25, 0.3) is 0 Å². The summed E-state index contributed by atoms with van der Waals surface area (Å²) in [4.78, 5) is 19.9. The van der Waals surface area contributed by atoms with E-state index in [0.29, 0.717) is 6.42 Å². The van der Waals surface area contributed by atoms with Crippen LogP contribution in [0.15, 0.2) is 23.6 Å². The van der Waals surface area contributed by atoms with Gasteiger partial charge in [-0.05, 0) is 27.2 Å². The summed E-state index contributed by atoms with van der Waals surface area (Å²) in [5.74, 6) is -0.326. The number of primary amides is 1. The third-order valence-electron chi connectivity index (χ3n) is 2.71. The van der Waals surface area contributed by atoms with Crippen molar-refractivity contribution in [3.63, 3.8) is 0 Å². The van der Waals surface area contributed by atoms with E-state index in [1.165, 1.54) is 0 Å². The van der Waals surface area contributed by atoms with E-state index in [9.17, 15) is 4.79 Å². The van der Waals surface area contributed by atoms with E-state index in [1.54, 1.807) is 30.4 Å². The molecular weight excluding hydrogens is 260 g/mol. The van der Waals surface area contributed by atoms with E-state index in [2.05, 4.69) is 22.2 Å². The van der Waals surface area contributed by atoms with Gasteiger partial charge < -0.3 is 11.1 Å². The van der Waals surface area contributed by atoms with Crippen molar-refractivity contribution in [1.29, 1.82) is 0 Å². The van der Waals surface area contributed by atoms with Crippen LogP contribution >= 0.6 is 11.8 Å². The fourth-order valence-corrected chi connectivity index (χ4v) is 3.11. The molecule has 0 bridgehead atoms. The second-order valence-corrected chi connectivity index (χ2v) is 6.63. The first-order valence-corrected chi connectivity index (χ1v) is 7.22. The maximum Gasteiger partial charge on any atom is 0.237 e. The monoisotopic (exact) mass is 282 g/mol. The number of rotatable bonds is 7. The number of carbonyl (C=O) groups excluding carboxylic acids is 1. The number of nitrogens with one attached hydrogen (secondary N) is 1. The Bertz CT molecular complexity index is 412. The SMILES string of the molecule is CC(C)NC(C)(CC(C)Sc1cnccn1)C(N)=O. The topological polar surface area (TPSA) is 80.9 Å². The molecule has 0 aliphatic rings. The van der Waals surface area contributed by atoms with Crippen LogP contribution in [0.1, 0.15) is 34.1 Å². The molecule has 1 aromatic heterocycles. The van der Waals surface area contributed by atoms with Gasteiger partial charge in [0.2, 0.25) is 5.91 Å². The van der Waals surface area contributed by atoms with E-state index in [-0.39, 0.29) is 17.2 Å². The summed E-state index contributed by atoms with van der Waals surface area (Å²) in [6.07, 6.45) is 5.66. The van der Waals surface area contributed by atoms with Crippen LogP contribution in [0.5, 0.6) is 0 Å². The van der Waals surface area contributed by atoms with Crippen molar-refractivity contribution in [1.82, 2.24) is 15.3 Å². The van der Waals surface area contributed by atoms with Gasteiger partial charge in [-0.25, -0.2) is 4.98 Å². The molecule has 0 radical (unpaired) electrons. The zero-order valence-electron chi connectivity index (χ0n) is 11.9. The molecule has 0 aliphatic heterocycles. The maximum atomic E-state index is 11.7. The first kappa shape index (κ1) is 15.9. The molecule has 1 amide bonds. The van der Waals surface area contributed by atoms with Crippen LogP contribution < -0.4 is 11.1 Å². The third-order valence-corrected chi connectivity index (χ3v) is 3.73. The number of nitrogens with two attached hydrogens (primary N) is 1. The average molecular weight is 282 g/mol. The molecule has 0 spiro atoms. The molecule has 1 rings (SSSR count). The van der Waals surface area contributed by atoms with Gasteiger partial charge in [0.15, 0.2) is 0 Å². The molecule has 0 aliphatic carbocycles. The lowest BCUT2D eigenvalue weighted by atomic mass is 9.94. The highest BCUT2D eigenvalue weighted by atomic mass is 32.2. The second-order valence-electron chi connectivity index (χ2n) is 5.17. The van der Waals surface area contributed by atoms with Gasteiger partial charge in [-0.15, -0.1) is 11.8 Å². The van der Waals surface area contributed by atoms with Crippen LogP contribution in [0.4, 0.5) is 0 Å². The lowest BCUT2D eigenvalue weighted by Crippen LogP contribution is -2.56. The average Bonchev–Trinajstić information content (AvgIpc) is 2.28. The summed E-state index contributed by atoms with van der Waals surface area (Å²) in [7, 11) is 0. The van der Waals surface area contributed by atoms with Crippen LogP contribution in [0.25, 0.3) is 0 Å². The minimum Gasteiger partial charge on any atom is -0.368 e. The normalized spacial score (nSPS) is 16.1. The molecule has 0 fully saturated rings. The number of hydrogen-bond acceptors (Lipinski definition) is 5. The summed E-state index contributed by atoms with van der Waals surface area (Å²) >= 11 is 1.59. The number of thioether (sulfide) groups is 1. The number of aromatic nitrogens is 2. The minimum absolute atomic E-state index is 0.200. The Morgan fingerprint density at radius 2 is 2.16 bits per heavy atom. The van der Waals surface area contributed by atoms with Crippen LogP contribution in [-0.4, -0.2) is 32.7 Å². The van der Waals surface area contributed by atoms with Gasteiger partial charge in [-0.2, -0.15) is 0 Å². The molecule has 19 heavy (non-hydrogen) atoms. The smallest absolute Gasteiger partial charge is 0.237 e. The molecule has 6 heteroatoms. The van der Waals surface area contributed by atoms with E-state index < -0.39 is 5.54 Å². The Morgan fingerprint density at radius 1 is 1.47 bits per heavy atom. The molecule has 1 heterocycles. The van der Waals surface area contributed by atoms with E-state index >= 15 is 0 Å². The molecule has 3 N–H and O–H groups in total. The molecule has 2 atom stereocenters. The predicted octanol–water partition coefficient (Wildman–Crippen LogP) is 1.59. The molecule has 1 aromatic rings. The van der Waals surface area contributed by atoms with Crippen LogP contribution in [-0.2, 0) is 4.79 Å². The molecule has 0 saturated heterocycles. The molecule has 0 aromatic carbocycles. The Kier molecular flexibility index (Phi) is 5.75. The highest BCUT2D eigenvalue weighted by Crippen LogP contribution is 2.27. The van der Waals surface area contributed by atoms with Crippen molar-refractivity contribution in [2.45, 2.75) is 56.0 Å². The standard InChI is InChI=1S/C13H22N4OS/c1-9(2)17-13(4,12(14)18)7-10(3)19-11-8-15-5-6-16-11/h5-6,8-10,17H,7H2,1-4H3,(H2,14,18). The van der Waals surface area contributed by atoms with Gasteiger partial charge in [0.1, 0.15) is 5.03 Å². The summed E-state index contributed by atoms with van der Waals surface area (Å²) in [6.45, 7) is 7.91. The van der Waals surface area contributed by atoms with Gasteiger partial charge in [-0.1, -0.05) is 6.92 Å². The Hall–Kier alpha value is -1.14. The van der Waals surface area contributed by atoms with Crippen molar-refractivity contribution >= 4 is 17.7 Å². The van der Waals surface area contributed by atoms with Crippen molar-refractivity contribution < 1.29 is 4.79 Å². The minimum atomic E-state index is -0.706. The zero-order chi connectivity index (χ0) is 14.5. The van der Waals surface area contributed by atoms with Crippen molar-refractivity contribution in [2.75, 3.05) is 0 Å². The van der Waals surface area contributed by atoms with Crippen LogP contribution in [0, 0.1) is 0 Å².